The molecule has 25 heavy (non-hydrogen) atoms. The lowest BCUT2D eigenvalue weighted by Crippen LogP contribution is -2.56. The van der Waals surface area contributed by atoms with Crippen molar-refractivity contribution in [3.05, 3.63) is 42.5 Å². The quantitative estimate of drug-likeness (QED) is 0.867. The molecule has 4 aliphatic carbocycles. The molecule has 6 rings (SSSR count). The summed E-state index contributed by atoms with van der Waals surface area (Å²) < 4.78 is 0. The Labute approximate surface area is 148 Å². The lowest BCUT2D eigenvalue weighted by atomic mass is 9.47. The lowest BCUT2D eigenvalue weighted by molar-refractivity contribution is -0.167. The lowest BCUT2D eigenvalue weighted by Gasteiger charge is -2.60. The van der Waals surface area contributed by atoms with Crippen LogP contribution in [0.1, 0.15) is 44.9 Å². The van der Waals surface area contributed by atoms with Crippen LogP contribution < -0.4 is 5.32 Å². The largest absolute Gasteiger partial charge is 0.390 e. The van der Waals surface area contributed by atoms with Crippen LogP contribution in [0.15, 0.2) is 42.5 Å². The Morgan fingerprint density at radius 2 is 1.76 bits per heavy atom. The van der Waals surface area contributed by atoms with Crippen LogP contribution in [0.5, 0.6) is 0 Å². The standard InChI is InChI=1S/C22H25NO2/c24-20(23-19-6-5-17-3-1-2-4-18(17)8-19)13-21-9-15-7-16(10-21)12-22(25,11-15)14-21/h1-6,8,15-16,25H,7,9-14H2,(H,23,24)/t15-,16+,21?,22?. The number of aliphatic hydroxyl groups is 1. The molecule has 4 saturated carbocycles. The molecule has 0 saturated heterocycles. The second-order valence-electron chi connectivity index (χ2n) is 8.97. The van der Waals surface area contributed by atoms with Gasteiger partial charge in [-0.2, -0.15) is 0 Å². The van der Waals surface area contributed by atoms with E-state index in [4.69, 9.17) is 0 Å². The van der Waals surface area contributed by atoms with Crippen LogP contribution in [0.4, 0.5) is 5.69 Å². The summed E-state index contributed by atoms with van der Waals surface area (Å²) in [6.45, 7) is 0. The number of hydrogen-bond acceptors (Lipinski definition) is 2. The Kier molecular flexibility index (Phi) is 3.27. The molecule has 1 amide bonds. The minimum absolute atomic E-state index is 0.0275. The fraction of sp³-hybridized carbons (Fsp3) is 0.500. The molecule has 4 aliphatic rings. The van der Waals surface area contributed by atoms with Crippen molar-refractivity contribution in [2.75, 3.05) is 5.32 Å². The number of nitrogens with one attached hydrogen (secondary N) is 1. The van der Waals surface area contributed by atoms with Gasteiger partial charge in [0.25, 0.3) is 0 Å². The van der Waals surface area contributed by atoms with Gasteiger partial charge in [0.05, 0.1) is 5.60 Å². The smallest absolute Gasteiger partial charge is 0.224 e. The highest BCUT2D eigenvalue weighted by Crippen LogP contribution is 2.62. The first kappa shape index (κ1) is 15.4. The van der Waals surface area contributed by atoms with Crippen molar-refractivity contribution in [1.29, 1.82) is 0 Å². The molecular weight excluding hydrogens is 310 g/mol. The number of carbonyl (C=O) groups is 1. The van der Waals surface area contributed by atoms with Crippen LogP contribution in [0, 0.1) is 17.3 Å². The van der Waals surface area contributed by atoms with Crippen LogP contribution >= 0.6 is 0 Å². The first-order valence-electron chi connectivity index (χ1n) is 9.52. The highest BCUT2D eigenvalue weighted by Gasteiger charge is 2.57. The highest BCUT2D eigenvalue weighted by molar-refractivity contribution is 5.94. The number of anilines is 1. The minimum atomic E-state index is -0.493. The van der Waals surface area contributed by atoms with Crippen molar-refractivity contribution in [2.24, 2.45) is 17.3 Å². The van der Waals surface area contributed by atoms with Crippen LogP contribution in [-0.4, -0.2) is 16.6 Å². The minimum Gasteiger partial charge on any atom is -0.390 e. The first-order chi connectivity index (χ1) is 12.0. The van der Waals surface area contributed by atoms with Gasteiger partial charge >= 0.3 is 0 Å². The molecule has 2 aromatic carbocycles. The van der Waals surface area contributed by atoms with Crippen LogP contribution in [0.3, 0.4) is 0 Å². The van der Waals surface area contributed by atoms with Crippen molar-refractivity contribution in [3.63, 3.8) is 0 Å². The number of rotatable bonds is 3. The third-order valence-corrected chi connectivity index (χ3v) is 6.72. The second-order valence-corrected chi connectivity index (χ2v) is 8.97. The monoisotopic (exact) mass is 335 g/mol. The van der Waals surface area contributed by atoms with E-state index >= 15 is 0 Å². The topological polar surface area (TPSA) is 49.3 Å². The maximum Gasteiger partial charge on any atom is 0.224 e. The van der Waals surface area contributed by atoms with Gasteiger partial charge in [0, 0.05) is 12.1 Å². The average molecular weight is 335 g/mol. The van der Waals surface area contributed by atoms with Crippen molar-refractivity contribution >= 4 is 22.4 Å². The molecule has 4 fully saturated rings. The van der Waals surface area contributed by atoms with E-state index in [1.54, 1.807) is 0 Å². The molecule has 0 aliphatic heterocycles. The number of carbonyl (C=O) groups excluding carboxylic acids is 1. The molecule has 130 valence electrons. The number of hydrogen-bond donors (Lipinski definition) is 2. The van der Waals surface area contributed by atoms with Gasteiger partial charge in [-0.15, -0.1) is 0 Å². The molecule has 0 heterocycles. The van der Waals surface area contributed by atoms with Gasteiger partial charge in [0.2, 0.25) is 5.91 Å². The fourth-order valence-electron chi connectivity index (χ4n) is 6.42. The van der Waals surface area contributed by atoms with Crippen LogP contribution in [0.2, 0.25) is 0 Å². The molecular formula is C22H25NO2. The summed E-state index contributed by atoms with van der Waals surface area (Å²) in [4.78, 5) is 12.7. The maximum atomic E-state index is 12.7. The highest BCUT2D eigenvalue weighted by atomic mass is 16.3. The molecule has 0 spiro atoms. The molecule has 2 unspecified atom stereocenters. The third kappa shape index (κ3) is 2.75. The second kappa shape index (κ2) is 5.31. The van der Waals surface area contributed by atoms with E-state index < -0.39 is 5.60 Å². The van der Waals surface area contributed by atoms with E-state index in [0.717, 1.165) is 43.2 Å². The molecule has 0 radical (unpaired) electrons. The summed E-state index contributed by atoms with van der Waals surface area (Å²) >= 11 is 0. The molecule has 4 bridgehead atoms. The third-order valence-electron chi connectivity index (χ3n) is 6.72. The van der Waals surface area contributed by atoms with E-state index in [2.05, 4.69) is 23.5 Å². The van der Waals surface area contributed by atoms with E-state index in [1.807, 2.05) is 24.3 Å². The maximum absolute atomic E-state index is 12.7. The predicted molar refractivity (Wildman–Crippen MR) is 99.3 cm³/mol. The van der Waals surface area contributed by atoms with Crippen LogP contribution in [-0.2, 0) is 4.79 Å². The van der Waals surface area contributed by atoms with Crippen molar-refractivity contribution in [3.8, 4) is 0 Å². The Morgan fingerprint density at radius 3 is 2.48 bits per heavy atom. The molecule has 2 aromatic rings. The summed E-state index contributed by atoms with van der Waals surface area (Å²) in [6, 6.07) is 14.3. The molecule has 0 aromatic heterocycles. The van der Waals surface area contributed by atoms with Gasteiger partial charge in [-0.1, -0.05) is 30.3 Å². The van der Waals surface area contributed by atoms with Gasteiger partial charge in [-0.05, 0) is 78.7 Å². The Morgan fingerprint density at radius 1 is 1.04 bits per heavy atom. The van der Waals surface area contributed by atoms with E-state index in [9.17, 15) is 9.90 Å². The predicted octanol–water partition coefficient (Wildman–Crippen LogP) is 4.50. The van der Waals surface area contributed by atoms with Gasteiger partial charge in [-0.25, -0.2) is 0 Å². The summed E-state index contributed by atoms with van der Waals surface area (Å²) in [5.74, 6) is 1.35. The normalized spacial score (nSPS) is 35.9. The molecule has 4 atom stereocenters. The van der Waals surface area contributed by atoms with Gasteiger partial charge < -0.3 is 10.4 Å². The fourth-order valence-corrected chi connectivity index (χ4v) is 6.42. The summed E-state index contributed by atoms with van der Waals surface area (Å²) in [6.07, 6.45) is 6.78. The van der Waals surface area contributed by atoms with Crippen molar-refractivity contribution in [1.82, 2.24) is 0 Å². The Hall–Kier alpha value is -1.87. The van der Waals surface area contributed by atoms with Gasteiger partial charge in [0.1, 0.15) is 0 Å². The number of amides is 1. The molecule has 2 N–H and O–H groups in total. The number of benzene rings is 2. The summed E-state index contributed by atoms with van der Waals surface area (Å²) in [5, 5.41) is 16.3. The molecule has 3 heteroatoms. The zero-order valence-electron chi connectivity index (χ0n) is 14.5. The Bertz CT molecular complexity index is 829. The zero-order chi connectivity index (χ0) is 17.1. The van der Waals surface area contributed by atoms with Crippen molar-refractivity contribution < 1.29 is 9.90 Å². The summed E-state index contributed by atoms with van der Waals surface area (Å²) in [5.41, 5.74) is 0.403. The summed E-state index contributed by atoms with van der Waals surface area (Å²) in [7, 11) is 0. The van der Waals surface area contributed by atoms with E-state index in [0.29, 0.717) is 18.3 Å². The van der Waals surface area contributed by atoms with Crippen LogP contribution in [0.25, 0.3) is 10.8 Å². The van der Waals surface area contributed by atoms with E-state index in [1.165, 1.54) is 11.8 Å². The first-order valence-corrected chi connectivity index (χ1v) is 9.52. The zero-order valence-corrected chi connectivity index (χ0v) is 14.5. The van der Waals surface area contributed by atoms with Gasteiger partial charge in [-0.3, -0.25) is 4.79 Å². The average Bonchev–Trinajstić information content (AvgIpc) is 2.51. The Balaban J connectivity index is 1.33. The van der Waals surface area contributed by atoms with Gasteiger partial charge in [0.15, 0.2) is 0 Å². The SMILES string of the molecule is O=C(CC12C[C@@H]3C[C@@H](CC(O)(C3)C1)C2)Nc1ccc2ccccc2c1. The number of fused-ring (bicyclic) bond motifs is 1. The van der Waals surface area contributed by atoms with Crippen molar-refractivity contribution in [2.45, 2.75) is 50.5 Å². The van der Waals surface area contributed by atoms with E-state index in [-0.39, 0.29) is 11.3 Å². The molecule has 3 nitrogen and oxygen atoms in total.